The van der Waals surface area contributed by atoms with Crippen molar-refractivity contribution in [3.05, 3.63) is 18.6 Å². The lowest BCUT2D eigenvalue weighted by Crippen LogP contribution is -2.29. The summed E-state index contributed by atoms with van der Waals surface area (Å²) >= 11 is 0. The van der Waals surface area contributed by atoms with Crippen molar-refractivity contribution < 1.29 is 0 Å². The van der Waals surface area contributed by atoms with Gasteiger partial charge in [-0.1, -0.05) is 6.42 Å². The second-order valence-corrected chi connectivity index (χ2v) is 4.61. The highest BCUT2D eigenvalue weighted by atomic mass is 15.2. The van der Waals surface area contributed by atoms with Crippen LogP contribution in [0.1, 0.15) is 19.3 Å². The molecule has 84 valence electrons. The minimum atomic E-state index is 0.856. The van der Waals surface area contributed by atoms with Crippen LogP contribution in [0.2, 0.25) is 0 Å². The highest BCUT2D eigenvalue weighted by Gasteiger charge is 2.20. The summed E-state index contributed by atoms with van der Waals surface area (Å²) in [6.07, 6.45) is 7.67. The molecule has 0 saturated heterocycles. The molecule has 0 atom stereocenters. The van der Waals surface area contributed by atoms with Crippen molar-refractivity contribution >= 4 is 16.9 Å². The Hall–Kier alpha value is -1.58. The molecule has 2 heterocycles. The van der Waals surface area contributed by atoms with Crippen LogP contribution < -0.4 is 4.90 Å². The molecule has 0 amide bonds. The molecule has 0 radical (unpaired) electrons. The van der Waals surface area contributed by atoms with E-state index in [1.807, 2.05) is 12.3 Å². The smallest absolute Gasteiger partial charge is 0.142 e. The maximum absolute atomic E-state index is 4.39. The van der Waals surface area contributed by atoms with Crippen LogP contribution in [0.3, 0.4) is 0 Å². The number of rotatable bonds is 3. The maximum atomic E-state index is 4.39. The van der Waals surface area contributed by atoms with Gasteiger partial charge in [0.15, 0.2) is 0 Å². The van der Waals surface area contributed by atoms with E-state index >= 15 is 0 Å². The SMILES string of the molecule is CN(CC1CCC1)c1ncnc2[nH]ccc12. The number of hydrogen-bond acceptors (Lipinski definition) is 3. The third kappa shape index (κ3) is 1.54. The molecule has 0 aromatic carbocycles. The predicted molar refractivity (Wildman–Crippen MR) is 64.5 cm³/mol. The van der Waals surface area contributed by atoms with E-state index in [0.717, 1.165) is 29.3 Å². The fourth-order valence-corrected chi connectivity index (χ4v) is 2.31. The van der Waals surface area contributed by atoms with Crippen molar-refractivity contribution in [3.63, 3.8) is 0 Å². The van der Waals surface area contributed by atoms with Crippen molar-refractivity contribution in [2.75, 3.05) is 18.5 Å². The average Bonchev–Trinajstić information content (AvgIpc) is 2.70. The van der Waals surface area contributed by atoms with Crippen LogP contribution >= 0.6 is 0 Å². The number of anilines is 1. The second kappa shape index (κ2) is 3.77. The molecule has 4 nitrogen and oxygen atoms in total. The second-order valence-electron chi connectivity index (χ2n) is 4.61. The first kappa shape index (κ1) is 9.63. The van der Waals surface area contributed by atoms with E-state index in [1.54, 1.807) is 6.33 Å². The quantitative estimate of drug-likeness (QED) is 0.855. The van der Waals surface area contributed by atoms with Gasteiger partial charge >= 0.3 is 0 Å². The van der Waals surface area contributed by atoms with Crippen LogP contribution in [0.25, 0.3) is 11.0 Å². The fourth-order valence-electron chi connectivity index (χ4n) is 2.31. The van der Waals surface area contributed by atoms with Crippen molar-refractivity contribution in [2.24, 2.45) is 5.92 Å². The van der Waals surface area contributed by atoms with E-state index in [9.17, 15) is 0 Å². The summed E-state index contributed by atoms with van der Waals surface area (Å²) < 4.78 is 0. The molecule has 16 heavy (non-hydrogen) atoms. The van der Waals surface area contributed by atoms with E-state index in [4.69, 9.17) is 0 Å². The van der Waals surface area contributed by atoms with Crippen LogP contribution in [0.4, 0.5) is 5.82 Å². The Bertz CT molecular complexity index is 486. The minimum absolute atomic E-state index is 0.856. The number of H-pyrrole nitrogens is 1. The number of aromatic nitrogens is 3. The van der Waals surface area contributed by atoms with Crippen molar-refractivity contribution in [1.29, 1.82) is 0 Å². The Kier molecular flexibility index (Phi) is 2.27. The van der Waals surface area contributed by atoms with Gasteiger partial charge in [0.1, 0.15) is 17.8 Å². The lowest BCUT2D eigenvalue weighted by atomic mass is 9.85. The monoisotopic (exact) mass is 216 g/mol. The van der Waals surface area contributed by atoms with Gasteiger partial charge in [-0.3, -0.25) is 0 Å². The molecule has 0 aliphatic heterocycles. The molecule has 4 heteroatoms. The molecule has 3 rings (SSSR count). The summed E-state index contributed by atoms with van der Waals surface area (Å²) in [5.74, 6) is 1.90. The summed E-state index contributed by atoms with van der Waals surface area (Å²) in [4.78, 5) is 14.0. The molecule has 1 saturated carbocycles. The van der Waals surface area contributed by atoms with Gasteiger partial charge in [-0.2, -0.15) is 0 Å². The predicted octanol–water partition coefficient (Wildman–Crippen LogP) is 2.19. The third-order valence-electron chi connectivity index (χ3n) is 3.45. The zero-order valence-corrected chi connectivity index (χ0v) is 9.48. The summed E-state index contributed by atoms with van der Waals surface area (Å²) in [6.45, 7) is 1.11. The fraction of sp³-hybridized carbons (Fsp3) is 0.500. The minimum Gasteiger partial charge on any atom is -0.359 e. The van der Waals surface area contributed by atoms with Gasteiger partial charge in [-0.05, 0) is 24.8 Å². The lowest BCUT2D eigenvalue weighted by molar-refractivity contribution is 0.321. The van der Waals surface area contributed by atoms with E-state index in [1.165, 1.54) is 19.3 Å². The van der Waals surface area contributed by atoms with Crippen LogP contribution in [0.5, 0.6) is 0 Å². The molecule has 2 aromatic heterocycles. The van der Waals surface area contributed by atoms with Gasteiger partial charge in [0, 0.05) is 19.8 Å². The van der Waals surface area contributed by atoms with Crippen LogP contribution in [0, 0.1) is 5.92 Å². The zero-order valence-electron chi connectivity index (χ0n) is 9.48. The highest BCUT2D eigenvalue weighted by molar-refractivity contribution is 5.87. The number of hydrogen-bond donors (Lipinski definition) is 1. The van der Waals surface area contributed by atoms with E-state index in [2.05, 4.69) is 26.9 Å². The Morgan fingerprint density at radius 2 is 2.31 bits per heavy atom. The number of aromatic amines is 1. The van der Waals surface area contributed by atoms with Gasteiger partial charge in [0.2, 0.25) is 0 Å². The van der Waals surface area contributed by atoms with Gasteiger partial charge in [-0.25, -0.2) is 9.97 Å². The normalized spacial score (nSPS) is 16.3. The largest absolute Gasteiger partial charge is 0.359 e. The number of nitrogens with zero attached hydrogens (tertiary/aromatic N) is 3. The molecule has 0 unspecified atom stereocenters. The third-order valence-corrected chi connectivity index (χ3v) is 3.45. The average molecular weight is 216 g/mol. The van der Waals surface area contributed by atoms with Gasteiger partial charge in [0.05, 0.1) is 5.39 Å². The summed E-state index contributed by atoms with van der Waals surface area (Å²) in [5, 5.41) is 1.12. The van der Waals surface area contributed by atoms with Gasteiger partial charge in [-0.15, -0.1) is 0 Å². The van der Waals surface area contributed by atoms with Crippen LogP contribution in [-0.2, 0) is 0 Å². The molecule has 1 fully saturated rings. The molecule has 1 aliphatic carbocycles. The first-order valence-electron chi connectivity index (χ1n) is 5.84. The van der Waals surface area contributed by atoms with Crippen LogP contribution in [0.15, 0.2) is 18.6 Å². The highest BCUT2D eigenvalue weighted by Crippen LogP contribution is 2.29. The van der Waals surface area contributed by atoms with E-state index in [-0.39, 0.29) is 0 Å². The molecule has 2 aromatic rings. The lowest BCUT2D eigenvalue weighted by Gasteiger charge is -2.30. The molecule has 0 bridgehead atoms. The molecule has 1 aliphatic rings. The molecular weight excluding hydrogens is 200 g/mol. The Balaban J connectivity index is 1.88. The standard InChI is InChI=1S/C12H16N4/c1-16(7-9-3-2-4-9)12-10-5-6-13-11(10)14-8-15-12/h5-6,8-9H,2-4,7H2,1H3,(H,13,14,15). The molecule has 1 N–H and O–H groups in total. The summed E-state index contributed by atoms with van der Waals surface area (Å²) in [7, 11) is 2.12. The van der Waals surface area contributed by atoms with E-state index < -0.39 is 0 Å². The zero-order chi connectivity index (χ0) is 11.0. The topological polar surface area (TPSA) is 44.8 Å². The Morgan fingerprint density at radius 1 is 1.44 bits per heavy atom. The first-order valence-corrected chi connectivity index (χ1v) is 5.84. The van der Waals surface area contributed by atoms with Crippen molar-refractivity contribution in [3.8, 4) is 0 Å². The summed E-state index contributed by atoms with van der Waals surface area (Å²) in [5.41, 5.74) is 0.922. The van der Waals surface area contributed by atoms with Gasteiger partial charge < -0.3 is 9.88 Å². The first-order chi connectivity index (χ1) is 7.84. The van der Waals surface area contributed by atoms with Crippen LogP contribution in [-0.4, -0.2) is 28.5 Å². The molecule has 0 spiro atoms. The number of fused-ring (bicyclic) bond motifs is 1. The Morgan fingerprint density at radius 3 is 3.06 bits per heavy atom. The van der Waals surface area contributed by atoms with E-state index in [0.29, 0.717) is 0 Å². The van der Waals surface area contributed by atoms with Crippen molar-refractivity contribution in [2.45, 2.75) is 19.3 Å². The number of nitrogens with one attached hydrogen (secondary N) is 1. The summed E-state index contributed by atoms with van der Waals surface area (Å²) in [6, 6.07) is 2.04. The van der Waals surface area contributed by atoms with Gasteiger partial charge in [0.25, 0.3) is 0 Å². The Labute approximate surface area is 94.7 Å². The van der Waals surface area contributed by atoms with Crippen molar-refractivity contribution in [1.82, 2.24) is 15.0 Å². The maximum Gasteiger partial charge on any atom is 0.142 e. The molecular formula is C12H16N4.